The lowest BCUT2D eigenvalue weighted by molar-refractivity contribution is -0.123. The van der Waals surface area contributed by atoms with E-state index >= 15 is 0 Å². The summed E-state index contributed by atoms with van der Waals surface area (Å²) in [4.78, 5) is 24.3. The van der Waals surface area contributed by atoms with E-state index in [1.54, 1.807) is 50.6 Å². The van der Waals surface area contributed by atoms with E-state index in [1.165, 1.54) is 14.2 Å². The molecule has 0 aliphatic heterocycles. The molecule has 0 atom stereocenters. The highest BCUT2D eigenvalue weighted by Gasteiger charge is 2.12. The van der Waals surface area contributed by atoms with Gasteiger partial charge in [-0.15, -0.1) is 0 Å². The van der Waals surface area contributed by atoms with Gasteiger partial charge in [0.25, 0.3) is 0 Å². The van der Waals surface area contributed by atoms with Crippen LogP contribution in [-0.2, 0) is 16.0 Å². The van der Waals surface area contributed by atoms with Crippen molar-refractivity contribution in [2.24, 2.45) is 0 Å². The van der Waals surface area contributed by atoms with Gasteiger partial charge in [0.1, 0.15) is 11.5 Å². The normalized spacial score (nSPS) is 10.0. The molecule has 0 fully saturated rings. The van der Waals surface area contributed by atoms with Crippen molar-refractivity contribution < 1.29 is 28.5 Å². The van der Waals surface area contributed by atoms with Gasteiger partial charge in [-0.1, -0.05) is 6.07 Å². The van der Waals surface area contributed by atoms with Crippen molar-refractivity contribution in [3.63, 3.8) is 0 Å². The van der Waals surface area contributed by atoms with Crippen molar-refractivity contribution in [3.8, 4) is 23.0 Å². The lowest BCUT2D eigenvalue weighted by Crippen LogP contribution is -2.33. The Labute approximate surface area is 163 Å². The largest absolute Gasteiger partial charge is 0.497 e. The number of anilines is 1. The third kappa shape index (κ3) is 5.54. The van der Waals surface area contributed by atoms with E-state index in [-0.39, 0.29) is 24.8 Å². The molecule has 2 aromatic carbocycles. The Morgan fingerprint density at radius 3 is 2.14 bits per heavy atom. The predicted octanol–water partition coefficient (Wildman–Crippen LogP) is 2.02. The quantitative estimate of drug-likeness (QED) is 0.682. The molecule has 0 radical (unpaired) electrons. The van der Waals surface area contributed by atoms with Crippen LogP contribution in [0.1, 0.15) is 5.56 Å². The molecule has 28 heavy (non-hydrogen) atoms. The molecular weight excluding hydrogens is 364 g/mol. The predicted molar refractivity (Wildman–Crippen MR) is 104 cm³/mol. The van der Waals surface area contributed by atoms with Crippen LogP contribution < -0.4 is 29.6 Å². The van der Waals surface area contributed by atoms with E-state index in [2.05, 4.69) is 10.6 Å². The Morgan fingerprint density at radius 2 is 1.50 bits per heavy atom. The second kappa shape index (κ2) is 10.1. The summed E-state index contributed by atoms with van der Waals surface area (Å²) < 4.78 is 20.7. The van der Waals surface area contributed by atoms with Gasteiger partial charge in [-0.2, -0.15) is 0 Å². The molecule has 0 spiro atoms. The number of methoxy groups -OCH3 is 4. The van der Waals surface area contributed by atoms with Crippen LogP contribution in [0.25, 0.3) is 0 Å². The fraction of sp³-hybridized carbons (Fsp3) is 0.300. The van der Waals surface area contributed by atoms with Gasteiger partial charge >= 0.3 is 0 Å². The van der Waals surface area contributed by atoms with Crippen LogP contribution in [0, 0.1) is 0 Å². The molecule has 0 heterocycles. The topological polar surface area (TPSA) is 95.1 Å². The molecule has 2 rings (SSSR count). The Balaban J connectivity index is 1.90. The first-order valence-corrected chi connectivity index (χ1v) is 8.50. The number of ether oxygens (including phenoxy) is 4. The highest BCUT2D eigenvalue weighted by molar-refractivity contribution is 5.96. The van der Waals surface area contributed by atoms with Gasteiger partial charge < -0.3 is 29.6 Å². The number of carbonyl (C=O) groups is 2. The number of rotatable bonds is 9. The summed E-state index contributed by atoms with van der Waals surface area (Å²) in [5, 5.41) is 5.28. The fourth-order valence-corrected chi connectivity index (χ4v) is 2.51. The van der Waals surface area contributed by atoms with E-state index in [4.69, 9.17) is 18.9 Å². The first-order chi connectivity index (χ1) is 13.5. The summed E-state index contributed by atoms with van der Waals surface area (Å²) >= 11 is 0. The molecular formula is C20H24N2O6. The van der Waals surface area contributed by atoms with E-state index in [9.17, 15) is 9.59 Å². The third-order valence-electron chi connectivity index (χ3n) is 3.94. The molecule has 0 unspecified atom stereocenters. The van der Waals surface area contributed by atoms with Crippen LogP contribution >= 0.6 is 0 Å². The van der Waals surface area contributed by atoms with Crippen LogP contribution in [0.3, 0.4) is 0 Å². The van der Waals surface area contributed by atoms with Crippen molar-refractivity contribution in [3.05, 3.63) is 42.0 Å². The summed E-state index contributed by atoms with van der Waals surface area (Å²) in [6, 6.07) is 10.2. The maximum Gasteiger partial charge on any atom is 0.243 e. The van der Waals surface area contributed by atoms with E-state index in [1.807, 2.05) is 0 Å². The van der Waals surface area contributed by atoms with Crippen molar-refractivity contribution in [2.45, 2.75) is 6.42 Å². The van der Waals surface area contributed by atoms with Gasteiger partial charge in [0.2, 0.25) is 11.8 Å². The first kappa shape index (κ1) is 20.9. The molecule has 0 bridgehead atoms. The smallest absolute Gasteiger partial charge is 0.243 e. The van der Waals surface area contributed by atoms with Crippen LogP contribution in [0.5, 0.6) is 23.0 Å². The first-order valence-electron chi connectivity index (χ1n) is 8.50. The lowest BCUT2D eigenvalue weighted by atomic mass is 10.1. The molecule has 0 saturated heterocycles. The summed E-state index contributed by atoms with van der Waals surface area (Å²) in [5.41, 5.74) is 1.23. The molecule has 2 aromatic rings. The average Bonchev–Trinajstić information content (AvgIpc) is 2.72. The molecule has 0 saturated carbocycles. The molecule has 0 aliphatic rings. The summed E-state index contributed by atoms with van der Waals surface area (Å²) in [7, 11) is 6.11. The minimum atomic E-state index is -0.371. The summed E-state index contributed by atoms with van der Waals surface area (Å²) in [5.74, 6) is 1.53. The number of amides is 2. The van der Waals surface area contributed by atoms with Crippen molar-refractivity contribution in [2.75, 3.05) is 40.3 Å². The minimum absolute atomic E-state index is 0.111. The summed E-state index contributed by atoms with van der Waals surface area (Å²) in [6.45, 7) is -0.165. The number of hydrogen-bond donors (Lipinski definition) is 2. The Morgan fingerprint density at radius 1 is 0.786 bits per heavy atom. The molecule has 8 heteroatoms. The molecule has 2 amide bonds. The standard InChI is InChI=1S/C20H24N2O6/c1-25-14-6-7-15(17(11-14)27-3)22-20(24)12-21-19(23)10-13-5-8-16(26-2)18(9-13)28-4/h5-9,11H,10,12H2,1-4H3,(H,21,23)(H,22,24). The van der Waals surface area contributed by atoms with E-state index in [0.717, 1.165) is 5.56 Å². The molecule has 0 aromatic heterocycles. The second-order valence-corrected chi connectivity index (χ2v) is 5.76. The average molecular weight is 388 g/mol. The summed E-state index contributed by atoms with van der Waals surface area (Å²) in [6.07, 6.45) is 0.111. The third-order valence-corrected chi connectivity index (χ3v) is 3.94. The minimum Gasteiger partial charge on any atom is -0.497 e. The SMILES string of the molecule is COc1ccc(NC(=O)CNC(=O)Cc2ccc(OC)c(OC)c2)c(OC)c1. The van der Waals surface area contributed by atoms with Gasteiger partial charge in [0.05, 0.1) is 47.1 Å². The van der Waals surface area contributed by atoms with Crippen LogP contribution in [0.15, 0.2) is 36.4 Å². The Hall–Kier alpha value is -3.42. The lowest BCUT2D eigenvalue weighted by Gasteiger charge is -2.12. The van der Waals surface area contributed by atoms with Crippen LogP contribution in [0.2, 0.25) is 0 Å². The van der Waals surface area contributed by atoms with Crippen LogP contribution in [0.4, 0.5) is 5.69 Å². The van der Waals surface area contributed by atoms with Gasteiger partial charge in [-0.25, -0.2) is 0 Å². The number of benzene rings is 2. The molecule has 0 aliphatic carbocycles. The highest BCUT2D eigenvalue weighted by Crippen LogP contribution is 2.29. The van der Waals surface area contributed by atoms with Crippen LogP contribution in [-0.4, -0.2) is 46.8 Å². The monoisotopic (exact) mass is 388 g/mol. The number of hydrogen-bond acceptors (Lipinski definition) is 6. The maximum atomic E-state index is 12.1. The zero-order chi connectivity index (χ0) is 20.5. The van der Waals surface area contributed by atoms with Gasteiger partial charge in [0, 0.05) is 6.07 Å². The Kier molecular flexibility index (Phi) is 7.50. The number of carbonyl (C=O) groups excluding carboxylic acids is 2. The van der Waals surface area contributed by atoms with Crippen molar-refractivity contribution in [1.29, 1.82) is 0 Å². The zero-order valence-electron chi connectivity index (χ0n) is 16.3. The maximum absolute atomic E-state index is 12.1. The van der Waals surface area contributed by atoms with Gasteiger partial charge in [0.15, 0.2) is 11.5 Å². The van der Waals surface area contributed by atoms with E-state index in [0.29, 0.717) is 28.7 Å². The fourth-order valence-electron chi connectivity index (χ4n) is 2.51. The van der Waals surface area contributed by atoms with Crippen molar-refractivity contribution >= 4 is 17.5 Å². The molecule has 8 nitrogen and oxygen atoms in total. The van der Waals surface area contributed by atoms with Gasteiger partial charge in [-0.3, -0.25) is 9.59 Å². The van der Waals surface area contributed by atoms with Crippen molar-refractivity contribution in [1.82, 2.24) is 5.32 Å². The van der Waals surface area contributed by atoms with E-state index < -0.39 is 0 Å². The highest BCUT2D eigenvalue weighted by atomic mass is 16.5. The van der Waals surface area contributed by atoms with Gasteiger partial charge in [-0.05, 0) is 29.8 Å². The number of nitrogens with one attached hydrogen (secondary N) is 2. The molecule has 150 valence electrons. The second-order valence-electron chi connectivity index (χ2n) is 5.76. The molecule has 2 N–H and O–H groups in total. The zero-order valence-corrected chi connectivity index (χ0v) is 16.3. The Bertz CT molecular complexity index is 837.